The van der Waals surface area contributed by atoms with E-state index >= 15 is 0 Å². The lowest BCUT2D eigenvalue weighted by molar-refractivity contribution is -0.209. The summed E-state index contributed by atoms with van der Waals surface area (Å²) < 4.78 is 10.5. The Labute approximate surface area is 69.9 Å². The van der Waals surface area contributed by atoms with Gasteiger partial charge >= 0.3 is 0 Å². The molecule has 0 heterocycles. The van der Waals surface area contributed by atoms with Gasteiger partial charge in [-0.25, -0.2) is 0 Å². The summed E-state index contributed by atoms with van der Waals surface area (Å²) in [7, 11) is 3.34. The van der Waals surface area contributed by atoms with E-state index in [9.17, 15) is 0 Å². The van der Waals surface area contributed by atoms with E-state index in [4.69, 9.17) is 9.47 Å². The van der Waals surface area contributed by atoms with Crippen LogP contribution in [-0.4, -0.2) is 20.0 Å². The predicted octanol–water partition coefficient (Wildman–Crippen LogP) is 2.39. The number of methoxy groups -OCH3 is 2. The summed E-state index contributed by atoms with van der Waals surface area (Å²) >= 11 is 0. The number of hydrogen-bond acceptors (Lipinski definition) is 2. The highest BCUT2D eigenvalue weighted by molar-refractivity contribution is 4.69. The Morgan fingerprint density at radius 2 is 1.82 bits per heavy atom. The van der Waals surface area contributed by atoms with Crippen LogP contribution in [0.3, 0.4) is 0 Å². The van der Waals surface area contributed by atoms with Crippen molar-refractivity contribution in [1.29, 1.82) is 0 Å². The van der Waals surface area contributed by atoms with Crippen LogP contribution >= 0.6 is 0 Å². The van der Waals surface area contributed by atoms with Crippen LogP contribution in [0.1, 0.15) is 32.6 Å². The average molecular weight is 159 g/mol. The predicted molar refractivity (Wildman–Crippen MR) is 46.2 cm³/mol. The molecule has 67 valence electrons. The van der Waals surface area contributed by atoms with Crippen LogP contribution in [0.15, 0.2) is 0 Å². The Morgan fingerprint density at radius 3 is 2.09 bits per heavy atom. The maximum Gasteiger partial charge on any atom is 0.167 e. The minimum absolute atomic E-state index is 0.435. The molecule has 2 heteroatoms. The van der Waals surface area contributed by atoms with Crippen molar-refractivity contribution in [1.82, 2.24) is 0 Å². The third kappa shape index (κ3) is 3.21. The molecule has 0 spiro atoms. The minimum atomic E-state index is -0.435. The summed E-state index contributed by atoms with van der Waals surface area (Å²) in [4.78, 5) is 0. The number of ether oxygens (including phenoxy) is 2. The van der Waals surface area contributed by atoms with Gasteiger partial charge in [0, 0.05) is 27.1 Å². The lowest BCUT2D eigenvalue weighted by atomic mass is 10.1. The van der Waals surface area contributed by atoms with Gasteiger partial charge in [0.2, 0.25) is 0 Å². The molecular formula is C9H19O2. The van der Waals surface area contributed by atoms with Gasteiger partial charge in [-0.15, -0.1) is 0 Å². The van der Waals surface area contributed by atoms with Crippen molar-refractivity contribution in [3.8, 4) is 0 Å². The zero-order chi connectivity index (χ0) is 8.74. The highest BCUT2D eigenvalue weighted by Gasteiger charge is 2.25. The van der Waals surface area contributed by atoms with E-state index in [1.165, 1.54) is 0 Å². The van der Waals surface area contributed by atoms with Crippen molar-refractivity contribution in [2.45, 2.75) is 38.4 Å². The fraction of sp³-hybridized carbons (Fsp3) is 0.889. The third-order valence-electron chi connectivity index (χ3n) is 2.04. The Balaban J connectivity index is 3.84. The van der Waals surface area contributed by atoms with Crippen molar-refractivity contribution in [2.75, 3.05) is 14.2 Å². The molecule has 0 aromatic rings. The average Bonchev–Trinajstić information content (AvgIpc) is 2.08. The van der Waals surface area contributed by atoms with Gasteiger partial charge in [-0.1, -0.05) is 13.3 Å². The molecule has 11 heavy (non-hydrogen) atoms. The molecule has 0 fully saturated rings. The van der Waals surface area contributed by atoms with E-state index in [-0.39, 0.29) is 0 Å². The second kappa shape index (κ2) is 5.56. The first-order chi connectivity index (χ1) is 5.24. The van der Waals surface area contributed by atoms with Gasteiger partial charge < -0.3 is 9.47 Å². The van der Waals surface area contributed by atoms with Crippen molar-refractivity contribution in [3.05, 3.63) is 6.92 Å². The zero-order valence-electron chi connectivity index (χ0n) is 7.85. The molecule has 0 unspecified atom stereocenters. The second-order valence-corrected chi connectivity index (χ2v) is 2.67. The van der Waals surface area contributed by atoms with Crippen LogP contribution in [-0.2, 0) is 9.47 Å². The molecular weight excluding hydrogens is 140 g/mol. The zero-order valence-corrected chi connectivity index (χ0v) is 7.85. The summed E-state index contributed by atoms with van der Waals surface area (Å²) in [5, 5.41) is 0. The fourth-order valence-electron chi connectivity index (χ4n) is 1.06. The SMILES string of the molecule is [CH2]CC(CCCC)(OC)OC. The quantitative estimate of drug-likeness (QED) is 0.554. The summed E-state index contributed by atoms with van der Waals surface area (Å²) in [6.07, 6.45) is 3.88. The van der Waals surface area contributed by atoms with Gasteiger partial charge in [-0.2, -0.15) is 0 Å². The van der Waals surface area contributed by atoms with Crippen molar-refractivity contribution in [2.24, 2.45) is 0 Å². The van der Waals surface area contributed by atoms with E-state index in [2.05, 4.69) is 13.8 Å². The van der Waals surface area contributed by atoms with E-state index in [0.29, 0.717) is 6.42 Å². The molecule has 0 bridgehead atoms. The first-order valence-electron chi connectivity index (χ1n) is 4.14. The van der Waals surface area contributed by atoms with Crippen molar-refractivity contribution in [3.63, 3.8) is 0 Å². The molecule has 0 atom stereocenters. The molecule has 0 saturated heterocycles. The molecule has 0 saturated carbocycles. The largest absolute Gasteiger partial charge is 0.353 e. The molecule has 1 radical (unpaired) electrons. The van der Waals surface area contributed by atoms with Crippen LogP contribution in [0.25, 0.3) is 0 Å². The van der Waals surface area contributed by atoms with Crippen LogP contribution in [0, 0.1) is 6.92 Å². The van der Waals surface area contributed by atoms with Crippen LogP contribution in [0.5, 0.6) is 0 Å². The molecule has 0 aliphatic rings. The topological polar surface area (TPSA) is 18.5 Å². The first kappa shape index (κ1) is 10.9. The third-order valence-corrected chi connectivity index (χ3v) is 2.04. The second-order valence-electron chi connectivity index (χ2n) is 2.67. The lowest BCUT2D eigenvalue weighted by Gasteiger charge is -2.29. The summed E-state index contributed by atoms with van der Waals surface area (Å²) in [6, 6.07) is 0. The number of unbranched alkanes of at least 4 members (excludes halogenated alkanes) is 1. The van der Waals surface area contributed by atoms with Crippen LogP contribution < -0.4 is 0 Å². The lowest BCUT2D eigenvalue weighted by Crippen LogP contribution is -2.32. The van der Waals surface area contributed by atoms with Crippen LogP contribution in [0.4, 0.5) is 0 Å². The highest BCUT2D eigenvalue weighted by Crippen LogP contribution is 2.22. The normalized spacial score (nSPS) is 12.0. The van der Waals surface area contributed by atoms with Gasteiger partial charge in [0.1, 0.15) is 0 Å². The molecule has 0 aromatic heterocycles. The van der Waals surface area contributed by atoms with E-state index in [0.717, 1.165) is 19.3 Å². The first-order valence-corrected chi connectivity index (χ1v) is 4.14. The Kier molecular flexibility index (Phi) is 5.51. The summed E-state index contributed by atoms with van der Waals surface area (Å²) in [6.45, 7) is 5.95. The standard InChI is InChI=1S/C9H19O2/c1-5-7-8-9(6-2,10-3)11-4/h2,5-8H2,1,3-4H3. The maximum absolute atomic E-state index is 5.25. The molecule has 0 amide bonds. The van der Waals surface area contributed by atoms with Gasteiger partial charge in [-0.3, -0.25) is 0 Å². The molecule has 0 aliphatic heterocycles. The van der Waals surface area contributed by atoms with Crippen molar-refractivity contribution >= 4 is 0 Å². The summed E-state index contributed by atoms with van der Waals surface area (Å²) in [5.41, 5.74) is 0. The van der Waals surface area contributed by atoms with E-state index < -0.39 is 5.79 Å². The van der Waals surface area contributed by atoms with Crippen molar-refractivity contribution < 1.29 is 9.47 Å². The minimum Gasteiger partial charge on any atom is -0.353 e. The monoisotopic (exact) mass is 159 g/mol. The molecule has 0 aromatic carbocycles. The van der Waals surface area contributed by atoms with Gasteiger partial charge in [0.15, 0.2) is 5.79 Å². The highest BCUT2D eigenvalue weighted by atomic mass is 16.7. The Hall–Kier alpha value is -0.0800. The van der Waals surface area contributed by atoms with E-state index in [1.807, 2.05) is 0 Å². The van der Waals surface area contributed by atoms with Crippen LogP contribution in [0.2, 0.25) is 0 Å². The molecule has 0 rings (SSSR count). The van der Waals surface area contributed by atoms with E-state index in [1.54, 1.807) is 14.2 Å². The van der Waals surface area contributed by atoms with Gasteiger partial charge in [-0.05, 0) is 13.3 Å². The smallest absolute Gasteiger partial charge is 0.167 e. The molecule has 0 N–H and O–H groups in total. The molecule has 2 nitrogen and oxygen atoms in total. The fourth-order valence-corrected chi connectivity index (χ4v) is 1.06. The molecule has 0 aliphatic carbocycles. The van der Waals surface area contributed by atoms with Gasteiger partial charge in [0.05, 0.1) is 0 Å². The summed E-state index contributed by atoms with van der Waals surface area (Å²) in [5.74, 6) is -0.435. The number of hydrogen-bond donors (Lipinski definition) is 0. The number of rotatable bonds is 6. The maximum atomic E-state index is 5.25. The van der Waals surface area contributed by atoms with Gasteiger partial charge in [0.25, 0.3) is 0 Å². The Bertz CT molecular complexity index is 79.3. The Morgan fingerprint density at radius 1 is 1.27 bits per heavy atom.